The van der Waals surface area contributed by atoms with E-state index >= 15 is 0 Å². The Balaban J connectivity index is 2.67. The Morgan fingerprint density at radius 1 is 1.04 bits per heavy atom. The van der Waals surface area contributed by atoms with Crippen LogP contribution in [0.5, 0.6) is 0 Å². The van der Waals surface area contributed by atoms with Crippen LogP contribution in [0.1, 0.15) is 45.0 Å². The molecule has 0 bridgehead atoms. The number of hydrogen-bond acceptors (Lipinski definition) is 6. The van der Waals surface area contributed by atoms with Gasteiger partial charge in [-0.15, -0.1) is 0 Å². The van der Waals surface area contributed by atoms with Gasteiger partial charge in [0.2, 0.25) is 10.0 Å². The van der Waals surface area contributed by atoms with Crippen LogP contribution in [0.3, 0.4) is 0 Å². The number of nitrogens with one attached hydrogen (secondary N) is 2. The molecule has 28 heavy (non-hydrogen) atoms. The van der Waals surface area contributed by atoms with E-state index in [-0.39, 0.29) is 10.5 Å². The van der Waals surface area contributed by atoms with Gasteiger partial charge in [-0.2, -0.15) is 4.31 Å². The molecular weight excluding hydrogens is 386 g/mol. The summed E-state index contributed by atoms with van der Waals surface area (Å²) < 4.78 is 31.0. The molecule has 10 heteroatoms. The van der Waals surface area contributed by atoms with Crippen LogP contribution in [0.2, 0.25) is 0 Å². The van der Waals surface area contributed by atoms with Gasteiger partial charge in [-0.25, -0.2) is 18.0 Å². The lowest BCUT2D eigenvalue weighted by atomic mass is 10.1. The fourth-order valence-corrected chi connectivity index (χ4v) is 3.68. The Kier molecular flexibility index (Phi) is 8.13. The summed E-state index contributed by atoms with van der Waals surface area (Å²) in [6.07, 6.45) is 0. The molecule has 1 aromatic rings. The van der Waals surface area contributed by atoms with Crippen molar-refractivity contribution in [2.45, 2.75) is 45.1 Å². The lowest BCUT2D eigenvalue weighted by Crippen LogP contribution is -2.49. The number of esters is 1. The standard InChI is InChI=1S/C18H27N3O6S/c1-6-21(7-2)28(25,26)14-10-8-13(9-11-14)16(23)27-12-15(22)19-17(24)20-18(3,4)5/h8-11H,6-7,12H2,1-5H3,(H2,19,20,22,24). The van der Waals surface area contributed by atoms with Crippen LogP contribution in [0.25, 0.3) is 0 Å². The maximum absolute atomic E-state index is 12.4. The number of ether oxygens (including phenoxy) is 1. The minimum absolute atomic E-state index is 0.0596. The second kappa shape index (κ2) is 9.65. The van der Waals surface area contributed by atoms with E-state index in [9.17, 15) is 22.8 Å². The third kappa shape index (κ3) is 6.93. The van der Waals surface area contributed by atoms with Crippen LogP contribution < -0.4 is 10.6 Å². The maximum Gasteiger partial charge on any atom is 0.338 e. The molecule has 1 rings (SSSR count). The number of rotatable bonds is 7. The second-order valence-electron chi connectivity index (χ2n) is 6.94. The van der Waals surface area contributed by atoms with Crippen LogP contribution in [0, 0.1) is 0 Å². The van der Waals surface area contributed by atoms with Crippen molar-refractivity contribution in [2.24, 2.45) is 0 Å². The Morgan fingerprint density at radius 2 is 1.57 bits per heavy atom. The van der Waals surface area contributed by atoms with Crippen LogP contribution in [-0.4, -0.2) is 55.9 Å². The smallest absolute Gasteiger partial charge is 0.338 e. The molecule has 0 aliphatic rings. The monoisotopic (exact) mass is 413 g/mol. The normalized spacial score (nSPS) is 11.8. The van der Waals surface area contributed by atoms with Crippen LogP contribution in [-0.2, 0) is 19.6 Å². The lowest BCUT2D eigenvalue weighted by Gasteiger charge is -2.20. The number of nitrogens with zero attached hydrogens (tertiary/aromatic N) is 1. The van der Waals surface area contributed by atoms with Crippen molar-refractivity contribution in [3.05, 3.63) is 29.8 Å². The topological polar surface area (TPSA) is 122 Å². The Morgan fingerprint density at radius 3 is 2.04 bits per heavy atom. The van der Waals surface area contributed by atoms with Gasteiger partial charge in [-0.3, -0.25) is 10.1 Å². The number of carbonyl (C=O) groups is 3. The van der Waals surface area contributed by atoms with Gasteiger partial charge in [0.25, 0.3) is 5.91 Å². The maximum atomic E-state index is 12.4. The first-order chi connectivity index (χ1) is 12.9. The molecular formula is C18H27N3O6S. The van der Waals surface area contributed by atoms with Crippen LogP contribution >= 0.6 is 0 Å². The van der Waals surface area contributed by atoms with Crippen molar-refractivity contribution in [3.8, 4) is 0 Å². The fraction of sp³-hybridized carbons (Fsp3) is 0.500. The number of sulfonamides is 1. The minimum Gasteiger partial charge on any atom is -0.452 e. The second-order valence-corrected chi connectivity index (χ2v) is 8.88. The zero-order valence-electron chi connectivity index (χ0n) is 16.7. The highest BCUT2D eigenvalue weighted by molar-refractivity contribution is 7.89. The molecule has 3 amide bonds. The van der Waals surface area contributed by atoms with Crippen molar-refractivity contribution in [2.75, 3.05) is 19.7 Å². The van der Waals surface area contributed by atoms with E-state index in [1.807, 2.05) is 5.32 Å². The van der Waals surface area contributed by atoms with Crippen molar-refractivity contribution < 1.29 is 27.5 Å². The molecule has 0 aliphatic carbocycles. The van der Waals surface area contributed by atoms with Crippen molar-refractivity contribution in [1.29, 1.82) is 0 Å². The Labute approximate surface area is 165 Å². The van der Waals surface area contributed by atoms with Crippen LogP contribution in [0.4, 0.5) is 4.79 Å². The van der Waals surface area contributed by atoms with E-state index in [1.54, 1.807) is 34.6 Å². The first kappa shape index (κ1) is 23.6. The predicted octanol–water partition coefficient (Wildman–Crippen LogP) is 1.50. The van der Waals surface area contributed by atoms with Gasteiger partial charge in [0, 0.05) is 18.6 Å². The number of benzene rings is 1. The van der Waals surface area contributed by atoms with Gasteiger partial charge >= 0.3 is 12.0 Å². The summed E-state index contributed by atoms with van der Waals surface area (Å²) in [6, 6.07) is 4.54. The Hall–Kier alpha value is -2.46. The number of amides is 3. The third-order valence-corrected chi connectivity index (χ3v) is 5.57. The first-order valence-electron chi connectivity index (χ1n) is 8.80. The van der Waals surface area contributed by atoms with Gasteiger partial charge in [0.1, 0.15) is 0 Å². The minimum atomic E-state index is -3.63. The molecule has 9 nitrogen and oxygen atoms in total. The molecule has 0 aromatic heterocycles. The molecule has 0 saturated carbocycles. The molecule has 0 spiro atoms. The summed E-state index contributed by atoms with van der Waals surface area (Å²) in [4.78, 5) is 35.3. The van der Waals surface area contributed by atoms with Gasteiger partial charge in [-0.1, -0.05) is 13.8 Å². The highest BCUT2D eigenvalue weighted by atomic mass is 32.2. The van der Waals surface area contributed by atoms with E-state index in [4.69, 9.17) is 4.74 Å². The quantitative estimate of drug-likeness (QED) is 0.653. The van der Waals surface area contributed by atoms with Gasteiger partial charge in [0.05, 0.1) is 10.5 Å². The van der Waals surface area contributed by atoms with E-state index in [0.717, 1.165) is 0 Å². The fourth-order valence-electron chi connectivity index (χ4n) is 2.22. The van der Waals surface area contributed by atoms with Gasteiger partial charge in [-0.05, 0) is 45.0 Å². The van der Waals surface area contributed by atoms with Crippen molar-refractivity contribution >= 4 is 27.9 Å². The molecule has 0 atom stereocenters. The van der Waals surface area contributed by atoms with E-state index < -0.39 is 40.1 Å². The molecule has 0 unspecified atom stereocenters. The van der Waals surface area contributed by atoms with E-state index in [0.29, 0.717) is 13.1 Å². The van der Waals surface area contributed by atoms with Gasteiger partial charge < -0.3 is 10.1 Å². The summed E-state index contributed by atoms with van der Waals surface area (Å²) in [5.41, 5.74) is -0.431. The zero-order chi connectivity index (χ0) is 21.5. The first-order valence-corrected chi connectivity index (χ1v) is 10.2. The number of imide groups is 1. The average molecular weight is 413 g/mol. The zero-order valence-corrected chi connectivity index (χ0v) is 17.6. The summed E-state index contributed by atoms with van der Waals surface area (Å²) in [5, 5.41) is 4.58. The molecule has 2 N–H and O–H groups in total. The molecule has 0 saturated heterocycles. The molecule has 0 aliphatic heterocycles. The number of urea groups is 1. The van der Waals surface area contributed by atoms with Gasteiger partial charge in [0.15, 0.2) is 6.61 Å². The molecule has 0 fully saturated rings. The summed E-state index contributed by atoms with van der Waals surface area (Å²) in [7, 11) is -3.63. The average Bonchev–Trinajstić information content (AvgIpc) is 2.58. The van der Waals surface area contributed by atoms with Crippen molar-refractivity contribution in [3.63, 3.8) is 0 Å². The van der Waals surface area contributed by atoms with Crippen LogP contribution in [0.15, 0.2) is 29.2 Å². The number of carbonyl (C=O) groups excluding carboxylic acids is 3. The summed E-state index contributed by atoms with van der Waals surface area (Å²) >= 11 is 0. The molecule has 156 valence electrons. The van der Waals surface area contributed by atoms with Crippen molar-refractivity contribution in [1.82, 2.24) is 14.9 Å². The lowest BCUT2D eigenvalue weighted by molar-refractivity contribution is -0.123. The Bertz CT molecular complexity index is 809. The highest BCUT2D eigenvalue weighted by Gasteiger charge is 2.22. The number of hydrogen-bond donors (Lipinski definition) is 2. The van der Waals surface area contributed by atoms with E-state index in [1.165, 1.54) is 28.6 Å². The molecule has 0 radical (unpaired) electrons. The summed E-state index contributed by atoms with van der Waals surface area (Å²) in [6.45, 7) is 8.75. The third-order valence-electron chi connectivity index (χ3n) is 3.51. The molecule has 0 heterocycles. The SMILES string of the molecule is CCN(CC)S(=O)(=O)c1ccc(C(=O)OCC(=O)NC(=O)NC(C)(C)C)cc1. The highest BCUT2D eigenvalue weighted by Crippen LogP contribution is 2.16. The predicted molar refractivity (Wildman–Crippen MR) is 103 cm³/mol. The summed E-state index contributed by atoms with van der Waals surface area (Å²) in [5.74, 6) is -1.59. The molecule has 1 aromatic carbocycles. The van der Waals surface area contributed by atoms with E-state index in [2.05, 4.69) is 5.32 Å². The largest absolute Gasteiger partial charge is 0.452 e.